The molecule has 1 aromatic carbocycles. The highest BCUT2D eigenvalue weighted by Gasteiger charge is 2.12. The first kappa shape index (κ1) is 15.2. The third kappa shape index (κ3) is 3.24. The van der Waals surface area contributed by atoms with Crippen LogP contribution in [0.1, 0.15) is 5.56 Å². The van der Waals surface area contributed by atoms with E-state index >= 15 is 0 Å². The summed E-state index contributed by atoms with van der Waals surface area (Å²) in [5.74, 6) is 0.583. The summed E-state index contributed by atoms with van der Waals surface area (Å²) >= 11 is 0. The van der Waals surface area contributed by atoms with Gasteiger partial charge in [0.25, 0.3) is 10.0 Å². The fourth-order valence-corrected chi connectivity index (χ4v) is 3.04. The van der Waals surface area contributed by atoms with Crippen molar-refractivity contribution < 1.29 is 13.2 Å². The average Bonchev–Trinajstić information content (AvgIpc) is 2.55. The van der Waals surface area contributed by atoms with Gasteiger partial charge in [0, 0.05) is 18.5 Å². The molecule has 3 aromatic rings. The lowest BCUT2D eigenvalue weighted by atomic mass is 10.3. The summed E-state index contributed by atoms with van der Waals surface area (Å²) in [5.41, 5.74) is 1.85. The number of sulfonamides is 1. The molecule has 0 aliphatic carbocycles. The number of aromatic nitrogens is 2. The van der Waals surface area contributed by atoms with E-state index in [9.17, 15) is 8.42 Å². The Morgan fingerprint density at radius 3 is 2.52 bits per heavy atom. The van der Waals surface area contributed by atoms with Gasteiger partial charge >= 0.3 is 0 Å². The molecule has 6 nitrogen and oxygen atoms in total. The van der Waals surface area contributed by atoms with Crippen LogP contribution in [0, 0.1) is 6.92 Å². The van der Waals surface area contributed by atoms with Gasteiger partial charge in [0.05, 0.1) is 12.0 Å². The van der Waals surface area contributed by atoms with Crippen molar-refractivity contribution in [2.24, 2.45) is 4.40 Å². The third-order valence-corrected chi connectivity index (χ3v) is 4.58. The fraction of sp³-hybridized carbons (Fsp3) is 0.125. The molecule has 0 unspecified atom stereocenters. The minimum atomic E-state index is -3.82. The number of fused-ring (bicyclic) bond motifs is 1. The molecule has 2 aromatic heterocycles. The Hall–Kier alpha value is -2.67. The first-order chi connectivity index (χ1) is 11.0. The molecule has 0 amide bonds. The van der Waals surface area contributed by atoms with Crippen LogP contribution in [0.15, 0.2) is 64.2 Å². The highest BCUT2D eigenvalue weighted by Crippen LogP contribution is 2.16. The zero-order valence-electron chi connectivity index (χ0n) is 12.7. The van der Waals surface area contributed by atoms with Gasteiger partial charge in [-0.25, -0.2) is 4.98 Å². The van der Waals surface area contributed by atoms with Crippen molar-refractivity contribution in [1.29, 1.82) is 0 Å². The molecule has 0 N–H and O–H groups in total. The van der Waals surface area contributed by atoms with Crippen molar-refractivity contribution in [3.05, 3.63) is 65.9 Å². The molecule has 0 aliphatic heterocycles. The SMILES string of the molecule is COc1ccc(S(=O)(=O)/N=c2/ccn3cc(C)ccc3n2)cc1. The first-order valence-corrected chi connectivity index (χ1v) is 8.33. The first-order valence-electron chi connectivity index (χ1n) is 6.89. The van der Waals surface area contributed by atoms with Crippen molar-refractivity contribution in [1.82, 2.24) is 9.38 Å². The summed E-state index contributed by atoms with van der Waals surface area (Å²) < 4.78 is 35.3. The topological polar surface area (TPSA) is 73.0 Å². The number of aryl methyl sites for hydroxylation is 1. The number of hydrogen-bond donors (Lipinski definition) is 0. The van der Waals surface area contributed by atoms with Crippen molar-refractivity contribution in [2.75, 3.05) is 7.11 Å². The van der Waals surface area contributed by atoms with E-state index in [0.717, 1.165) is 5.56 Å². The molecule has 0 aliphatic rings. The Morgan fingerprint density at radius 1 is 1.09 bits per heavy atom. The van der Waals surface area contributed by atoms with Crippen LogP contribution < -0.4 is 10.2 Å². The van der Waals surface area contributed by atoms with Gasteiger partial charge in [-0.3, -0.25) is 0 Å². The van der Waals surface area contributed by atoms with Gasteiger partial charge in [0.1, 0.15) is 11.4 Å². The summed E-state index contributed by atoms with van der Waals surface area (Å²) in [6.07, 6.45) is 3.64. The average molecular weight is 329 g/mol. The van der Waals surface area contributed by atoms with Gasteiger partial charge in [-0.05, 0) is 42.8 Å². The summed E-state index contributed by atoms with van der Waals surface area (Å²) in [5, 5.41) is 0. The van der Waals surface area contributed by atoms with E-state index < -0.39 is 10.0 Å². The Labute approximate surface area is 133 Å². The minimum absolute atomic E-state index is 0.0942. The molecule has 0 saturated heterocycles. The molecule has 2 heterocycles. The standard InChI is InChI=1S/C16H15N3O3S/c1-12-3-8-16-17-15(9-10-19(16)11-12)18-23(20,21)14-6-4-13(22-2)5-7-14/h3-11H,1-2H3/b18-15-. The molecule has 23 heavy (non-hydrogen) atoms. The minimum Gasteiger partial charge on any atom is -0.497 e. The molecule has 0 bridgehead atoms. The van der Waals surface area contributed by atoms with Gasteiger partial charge in [-0.2, -0.15) is 8.42 Å². The van der Waals surface area contributed by atoms with E-state index in [1.54, 1.807) is 24.4 Å². The van der Waals surface area contributed by atoms with E-state index in [1.807, 2.05) is 29.7 Å². The lowest BCUT2D eigenvalue weighted by Gasteiger charge is -2.02. The number of benzene rings is 1. The molecule has 0 radical (unpaired) electrons. The molecule has 0 fully saturated rings. The number of hydrogen-bond acceptors (Lipinski definition) is 4. The van der Waals surface area contributed by atoms with Crippen LogP contribution in [0.4, 0.5) is 0 Å². The predicted molar refractivity (Wildman–Crippen MR) is 85.7 cm³/mol. The predicted octanol–water partition coefficient (Wildman–Crippen LogP) is 1.94. The Morgan fingerprint density at radius 2 is 1.83 bits per heavy atom. The number of ether oxygens (including phenoxy) is 1. The summed E-state index contributed by atoms with van der Waals surface area (Å²) in [4.78, 5) is 4.35. The lowest BCUT2D eigenvalue weighted by Crippen LogP contribution is -2.13. The summed E-state index contributed by atoms with van der Waals surface area (Å²) in [6, 6.07) is 11.4. The molecule has 0 saturated carbocycles. The largest absolute Gasteiger partial charge is 0.497 e. The molecular formula is C16H15N3O3S. The van der Waals surface area contributed by atoms with Crippen molar-refractivity contribution in [3.8, 4) is 5.75 Å². The van der Waals surface area contributed by atoms with E-state index in [0.29, 0.717) is 11.4 Å². The second kappa shape index (κ2) is 5.85. The number of nitrogens with zero attached hydrogens (tertiary/aromatic N) is 3. The van der Waals surface area contributed by atoms with Gasteiger partial charge in [-0.1, -0.05) is 6.07 Å². The Balaban J connectivity index is 2.06. The number of rotatable bonds is 3. The second-order valence-corrected chi connectivity index (χ2v) is 6.60. The molecular weight excluding hydrogens is 314 g/mol. The quantitative estimate of drug-likeness (QED) is 0.736. The Bertz CT molecular complexity index is 1020. The van der Waals surface area contributed by atoms with E-state index in [1.165, 1.54) is 19.2 Å². The summed E-state index contributed by atoms with van der Waals surface area (Å²) in [6.45, 7) is 1.97. The lowest BCUT2D eigenvalue weighted by molar-refractivity contribution is 0.414. The number of pyridine rings is 1. The van der Waals surface area contributed by atoms with Crippen LogP contribution in [-0.4, -0.2) is 24.9 Å². The second-order valence-electron chi connectivity index (χ2n) is 5.00. The highest BCUT2D eigenvalue weighted by atomic mass is 32.2. The van der Waals surface area contributed by atoms with E-state index in [-0.39, 0.29) is 10.4 Å². The van der Waals surface area contributed by atoms with Crippen molar-refractivity contribution >= 4 is 15.7 Å². The summed E-state index contributed by atoms with van der Waals surface area (Å²) in [7, 11) is -2.30. The maximum Gasteiger partial charge on any atom is 0.284 e. The van der Waals surface area contributed by atoms with Crippen LogP contribution in [-0.2, 0) is 10.0 Å². The smallest absolute Gasteiger partial charge is 0.284 e. The third-order valence-electron chi connectivity index (χ3n) is 3.29. The van der Waals surface area contributed by atoms with Gasteiger partial charge in [0.2, 0.25) is 0 Å². The van der Waals surface area contributed by atoms with Crippen LogP contribution in [0.2, 0.25) is 0 Å². The zero-order chi connectivity index (χ0) is 16.4. The highest BCUT2D eigenvalue weighted by molar-refractivity contribution is 7.90. The maximum absolute atomic E-state index is 12.3. The molecule has 7 heteroatoms. The van der Waals surface area contributed by atoms with E-state index in [2.05, 4.69) is 9.38 Å². The van der Waals surface area contributed by atoms with Crippen LogP contribution in [0.3, 0.4) is 0 Å². The normalized spacial score (nSPS) is 12.5. The monoisotopic (exact) mass is 329 g/mol. The maximum atomic E-state index is 12.3. The van der Waals surface area contributed by atoms with E-state index in [4.69, 9.17) is 4.74 Å². The van der Waals surface area contributed by atoms with Crippen LogP contribution in [0.25, 0.3) is 5.65 Å². The number of methoxy groups -OCH3 is 1. The van der Waals surface area contributed by atoms with Crippen LogP contribution >= 0.6 is 0 Å². The molecule has 3 rings (SSSR count). The molecule has 0 atom stereocenters. The van der Waals surface area contributed by atoms with Crippen LogP contribution in [0.5, 0.6) is 5.75 Å². The molecule has 0 spiro atoms. The van der Waals surface area contributed by atoms with Crippen molar-refractivity contribution in [2.45, 2.75) is 11.8 Å². The van der Waals surface area contributed by atoms with Crippen molar-refractivity contribution in [3.63, 3.8) is 0 Å². The Kier molecular flexibility index (Phi) is 3.87. The zero-order valence-corrected chi connectivity index (χ0v) is 13.5. The fourth-order valence-electron chi connectivity index (χ4n) is 2.11. The van der Waals surface area contributed by atoms with Gasteiger partial charge < -0.3 is 9.14 Å². The molecule has 118 valence electrons. The van der Waals surface area contributed by atoms with Gasteiger partial charge in [0.15, 0.2) is 5.49 Å². The van der Waals surface area contributed by atoms with Gasteiger partial charge in [-0.15, -0.1) is 4.40 Å².